The summed E-state index contributed by atoms with van der Waals surface area (Å²) in [5.74, 6) is -0.658. The van der Waals surface area contributed by atoms with Crippen molar-refractivity contribution in [3.63, 3.8) is 0 Å². The second-order valence-corrected chi connectivity index (χ2v) is 7.91. The average molecular weight is 428 g/mol. The first-order valence-corrected chi connectivity index (χ1v) is 10.5. The summed E-state index contributed by atoms with van der Waals surface area (Å²) in [6, 6.07) is 18.8. The molecular weight excluding hydrogens is 402 g/mol. The summed E-state index contributed by atoms with van der Waals surface area (Å²) in [7, 11) is 0. The number of nitrogens with one attached hydrogen (secondary N) is 1. The maximum atomic E-state index is 13.1. The second kappa shape index (κ2) is 9.01. The maximum Gasteiger partial charge on any atom is 0.252 e. The summed E-state index contributed by atoms with van der Waals surface area (Å²) in [4.78, 5) is 29.3. The van der Waals surface area contributed by atoms with Gasteiger partial charge in [0, 0.05) is 23.7 Å². The van der Waals surface area contributed by atoms with Gasteiger partial charge in [-0.1, -0.05) is 42.5 Å². The zero-order chi connectivity index (χ0) is 22.7. The number of hydrogen-bond acceptors (Lipinski definition) is 4. The van der Waals surface area contributed by atoms with Gasteiger partial charge in [0.1, 0.15) is 0 Å². The van der Waals surface area contributed by atoms with Crippen LogP contribution in [0.15, 0.2) is 66.9 Å². The van der Waals surface area contributed by atoms with Gasteiger partial charge < -0.3 is 11.1 Å². The molecule has 0 fully saturated rings. The van der Waals surface area contributed by atoms with Crippen LogP contribution in [-0.4, -0.2) is 33.1 Å². The monoisotopic (exact) mass is 427 g/mol. The normalized spacial score (nSPS) is 11.1. The SMILES string of the molecule is CC(C)n1ncc2c(C(=O)NCCc3cccc(C(N)=O)c3)cc(-c3ccccc3)nc21. The standard InChI is InChI=1S/C25H25N5O2/c1-16(2)30-24-21(15-28-30)20(14-22(29-24)18-8-4-3-5-9-18)25(32)27-12-11-17-7-6-10-19(13-17)23(26)31/h3-10,13-16H,11-12H2,1-2H3,(H2,26,31)(H,27,32). The number of nitrogens with zero attached hydrogens (tertiary/aromatic N) is 3. The van der Waals surface area contributed by atoms with Gasteiger partial charge >= 0.3 is 0 Å². The molecule has 0 bridgehead atoms. The summed E-state index contributed by atoms with van der Waals surface area (Å²) in [6.45, 7) is 4.48. The van der Waals surface area contributed by atoms with Crippen LogP contribution in [0.2, 0.25) is 0 Å². The van der Waals surface area contributed by atoms with Crippen molar-refractivity contribution < 1.29 is 9.59 Å². The molecule has 162 valence electrons. The largest absolute Gasteiger partial charge is 0.366 e. The zero-order valence-corrected chi connectivity index (χ0v) is 18.1. The van der Waals surface area contributed by atoms with E-state index in [4.69, 9.17) is 10.7 Å². The number of pyridine rings is 1. The molecule has 2 aromatic carbocycles. The molecule has 4 rings (SSSR count). The minimum Gasteiger partial charge on any atom is -0.366 e. The van der Waals surface area contributed by atoms with E-state index in [0.29, 0.717) is 35.1 Å². The van der Waals surface area contributed by atoms with E-state index in [0.717, 1.165) is 16.8 Å². The van der Waals surface area contributed by atoms with Crippen LogP contribution in [0.4, 0.5) is 0 Å². The molecule has 0 unspecified atom stereocenters. The number of fused-ring (bicyclic) bond motifs is 1. The van der Waals surface area contributed by atoms with E-state index in [2.05, 4.69) is 10.4 Å². The fraction of sp³-hybridized carbons (Fsp3) is 0.200. The van der Waals surface area contributed by atoms with Crippen LogP contribution in [0.1, 0.15) is 46.2 Å². The predicted molar refractivity (Wildman–Crippen MR) is 124 cm³/mol. The molecule has 0 aliphatic rings. The topological polar surface area (TPSA) is 103 Å². The summed E-state index contributed by atoms with van der Waals surface area (Å²) < 4.78 is 1.83. The number of rotatable bonds is 7. The first-order chi connectivity index (χ1) is 15.4. The molecule has 0 atom stereocenters. The molecule has 2 heterocycles. The Morgan fingerprint density at radius 2 is 1.84 bits per heavy atom. The molecular formula is C25H25N5O2. The number of hydrogen-bond donors (Lipinski definition) is 2. The number of aromatic nitrogens is 3. The third-order valence-electron chi connectivity index (χ3n) is 5.28. The third-order valence-corrected chi connectivity index (χ3v) is 5.28. The van der Waals surface area contributed by atoms with E-state index in [-0.39, 0.29) is 11.9 Å². The van der Waals surface area contributed by atoms with Crippen LogP contribution >= 0.6 is 0 Å². The molecule has 0 spiro atoms. The lowest BCUT2D eigenvalue weighted by Crippen LogP contribution is -2.26. The van der Waals surface area contributed by atoms with Gasteiger partial charge in [-0.3, -0.25) is 9.59 Å². The van der Waals surface area contributed by atoms with Crippen molar-refractivity contribution in [2.45, 2.75) is 26.3 Å². The Bertz CT molecular complexity index is 1280. The van der Waals surface area contributed by atoms with Crippen molar-refractivity contribution in [2.24, 2.45) is 5.73 Å². The lowest BCUT2D eigenvalue weighted by atomic mass is 10.1. The van der Waals surface area contributed by atoms with Crippen LogP contribution in [0.25, 0.3) is 22.3 Å². The minimum atomic E-state index is -0.467. The first-order valence-electron chi connectivity index (χ1n) is 10.5. The van der Waals surface area contributed by atoms with Gasteiger partial charge in [-0.05, 0) is 44.0 Å². The highest BCUT2D eigenvalue weighted by Gasteiger charge is 2.18. The molecule has 2 amide bonds. The van der Waals surface area contributed by atoms with Gasteiger partial charge in [0.15, 0.2) is 5.65 Å². The quantitative estimate of drug-likeness (QED) is 0.469. The first kappa shape index (κ1) is 21.2. The number of carbonyl (C=O) groups excluding carboxylic acids is 2. The Balaban J connectivity index is 1.61. The summed E-state index contributed by atoms with van der Waals surface area (Å²) >= 11 is 0. The van der Waals surface area contributed by atoms with Gasteiger partial charge in [-0.25, -0.2) is 9.67 Å². The molecule has 2 aromatic heterocycles. The highest BCUT2D eigenvalue weighted by Crippen LogP contribution is 2.26. The summed E-state index contributed by atoms with van der Waals surface area (Å²) in [5, 5.41) is 8.16. The van der Waals surface area contributed by atoms with E-state index in [1.165, 1.54) is 0 Å². The van der Waals surface area contributed by atoms with E-state index in [1.807, 2.05) is 61.0 Å². The van der Waals surface area contributed by atoms with Crippen LogP contribution < -0.4 is 11.1 Å². The van der Waals surface area contributed by atoms with E-state index >= 15 is 0 Å². The van der Waals surface area contributed by atoms with Crippen molar-refractivity contribution in [1.29, 1.82) is 0 Å². The van der Waals surface area contributed by atoms with E-state index < -0.39 is 5.91 Å². The Hall–Kier alpha value is -4.00. The fourth-order valence-corrected chi connectivity index (χ4v) is 3.64. The lowest BCUT2D eigenvalue weighted by Gasteiger charge is -2.11. The third kappa shape index (κ3) is 4.37. The number of carbonyl (C=O) groups is 2. The van der Waals surface area contributed by atoms with Crippen LogP contribution in [0, 0.1) is 0 Å². The fourth-order valence-electron chi connectivity index (χ4n) is 3.64. The number of benzene rings is 2. The number of primary amides is 1. The van der Waals surface area contributed by atoms with Gasteiger partial charge in [0.05, 0.1) is 22.8 Å². The predicted octanol–water partition coefficient (Wildman–Crippen LogP) is 3.75. The second-order valence-electron chi connectivity index (χ2n) is 7.91. The molecule has 0 aliphatic heterocycles. The average Bonchev–Trinajstić information content (AvgIpc) is 3.23. The van der Waals surface area contributed by atoms with Crippen LogP contribution in [0.5, 0.6) is 0 Å². The molecule has 4 aromatic rings. The molecule has 0 radical (unpaired) electrons. The van der Waals surface area contributed by atoms with Gasteiger partial charge in [0.2, 0.25) is 5.91 Å². The smallest absolute Gasteiger partial charge is 0.252 e. The maximum absolute atomic E-state index is 13.1. The van der Waals surface area contributed by atoms with Gasteiger partial charge in [0.25, 0.3) is 5.91 Å². The van der Waals surface area contributed by atoms with Gasteiger partial charge in [-0.2, -0.15) is 5.10 Å². The highest BCUT2D eigenvalue weighted by molar-refractivity contribution is 6.06. The minimum absolute atomic E-state index is 0.111. The summed E-state index contributed by atoms with van der Waals surface area (Å²) in [6.07, 6.45) is 2.28. The lowest BCUT2D eigenvalue weighted by molar-refractivity contribution is 0.0954. The van der Waals surface area contributed by atoms with Gasteiger partial charge in [-0.15, -0.1) is 0 Å². The van der Waals surface area contributed by atoms with Crippen molar-refractivity contribution in [2.75, 3.05) is 6.54 Å². The van der Waals surface area contributed by atoms with E-state index in [1.54, 1.807) is 24.4 Å². The highest BCUT2D eigenvalue weighted by atomic mass is 16.2. The van der Waals surface area contributed by atoms with Crippen LogP contribution in [-0.2, 0) is 6.42 Å². The van der Waals surface area contributed by atoms with Crippen molar-refractivity contribution in [3.05, 3.63) is 83.6 Å². The molecule has 0 aliphatic carbocycles. The van der Waals surface area contributed by atoms with E-state index in [9.17, 15) is 9.59 Å². The van der Waals surface area contributed by atoms with Crippen molar-refractivity contribution in [1.82, 2.24) is 20.1 Å². The Morgan fingerprint density at radius 1 is 1.06 bits per heavy atom. The molecule has 0 saturated heterocycles. The molecule has 3 N–H and O–H groups in total. The summed E-state index contributed by atoms with van der Waals surface area (Å²) in [5.41, 5.74) is 9.61. The molecule has 0 saturated carbocycles. The molecule has 7 heteroatoms. The van der Waals surface area contributed by atoms with Crippen molar-refractivity contribution >= 4 is 22.8 Å². The Morgan fingerprint density at radius 3 is 2.56 bits per heavy atom. The van der Waals surface area contributed by atoms with Crippen molar-refractivity contribution in [3.8, 4) is 11.3 Å². The number of amides is 2. The zero-order valence-electron chi connectivity index (χ0n) is 18.1. The van der Waals surface area contributed by atoms with Crippen LogP contribution in [0.3, 0.4) is 0 Å². The Kier molecular flexibility index (Phi) is 5.98. The number of nitrogens with two attached hydrogens (primary N) is 1. The Labute approximate surface area is 186 Å². The molecule has 7 nitrogen and oxygen atoms in total. The molecule has 32 heavy (non-hydrogen) atoms.